The summed E-state index contributed by atoms with van der Waals surface area (Å²) in [6, 6.07) is 8.18. The van der Waals surface area contributed by atoms with E-state index < -0.39 is 23.5 Å². The smallest absolute Gasteiger partial charge is 0.287 e. The minimum absolute atomic E-state index is 0.00557. The molecule has 0 bridgehead atoms. The Labute approximate surface area is 145 Å². The Morgan fingerprint density at radius 3 is 2.38 bits per heavy atom. The number of amides is 1. The van der Waals surface area contributed by atoms with Gasteiger partial charge in [-0.2, -0.15) is 13.2 Å². The van der Waals surface area contributed by atoms with Gasteiger partial charge in [0, 0.05) is 11.0 Å². The van der Waals surface area contributed by atoms with Crippen LogP contribution in [0.5, 0.6) is 0 Å². The molecule has 1 saturated heterocycles. The van der Waals surface area contributed by atoms with Crippen molar-refractivity contribution in [3.63, 3.8) is 0 Å². The van der Waals surface area contributed by atoms with E-state index in [9.17, 15) is 18.0 Å². The summed E-state index contributed by atoms with van der Waals surface area (Å²) in [6.45, 7) is 3.26. The van der Waals surface area contributed by atoms with Crippen molar-refractivity contribution < 1.29 is 18.0 Å². The molecule has 128 valence electrons. The molecule has 3 nitrogen and oxygen atoms in total. The monoisotopic (exact) mass is 400 g/mol. The van der Waals surface area contributed by atoms with Gasteiger partial charge in [-0.05, 0) is 48.4 Å². The van der Waals surface area contributed by atoms with E-state index in [4.69, 9.17) is 0 Å². The van der Waals surface area contributed by atoms with E-state index in [1.165, 1.54) is 12.1 Å². The summed E-state index contributed by atoms with van der Waals surface area (Å²) in [5, 5.41) is 2.55. The fourth-order valence-corrected chi connectivity index (χ4v) is 3.30. The number of hydrogen-bond acceptors (Lipinski definition) is 2. The number of benzene rings is 2. The second kappa shape index (κ2) is 5.74. The first-order chi connectivity index (χ1) is 11.1. The molecule has 0 aromatic heterocycles. The second-order valence-electron chi connectivity index (χ2n) is 6.65. The number of carbonyl (C=O) groups excluding carboxylic acids is 1. The van der Waals surface area contributed by atoms with E-state index in [1.807, 2.05) is 6.07 Å². The number of fused-ring (bicyclic) bond motifs is 1. The van der Waals surface area contributed by atoms with Crippen LogP contribution in [0.4, 0.5) is 13.2 Å². The summed E-state index contributed by atoms with van der Waals surface area (Å²) >= 11 is 3.35. The van der Waals surface area contributed by atoms with Crippen molar-refractivity contribution in [2.24, 2.45) is 5.41 Å². The molecule has 7 heteroatoms. The minimum Gasteiger partial charge on any atom is -0.287 e. The Bertz CT molecular complexity index is 804. The van der Waals surface area contributed by atoms with Crippen molar-refractivity contribution in [1.82, 2.24) is 10.4 Å². The largest absolute Gasteiger partial charge is 0.409 e. The average Bonchev–Trinajstić information content (AvgIpc) is 2.71. The van der Waals surface area contributed by atoms with E-state index in [0.29, 0.717) is 0 Å². The highest BCUT2D eigenvalue weighted by atomic mass is 79.9. The van der Waals surface area contributed by atoms with Gasteiger partial charge < -0.3 is 0 Å². The summed E-state index contributed by atoms with van der Waals surface area (Å²) < 4.78 is 42.0. The van der Waals surface area contributed by atoms with Crippen molar-refractivity contribution in [3.05, 3.63) is 46.4 Å². The van der Waals surface area contributed by atoms with Crippen LogP contribution in [-0.4, -0.2) is 23.6 Å². The van der Waals surface area contributed by atoms with Crippen LogP contribution in [0.3, 0.4) is 0 Å². The normalized spacial score (nSPS) is 19.5. The Balaban J connectivity index is 2.04. The number of rotatable bonds is 2. The summed E-state index contributed by atoms with van der Waals surface area (Å²) in [4.78, 5) is 11.9. The minimum atomic E-state index is -4.50. The first-order valence-electron chi connectivity index (χ1n) is 7.42. The van der Waals surface area contributed by atoms with Crippen molar-refractivity contribution in [1.29, 1.82) is 0 Å². The molecule has 1 fully saturated rings. The van der Waals surface area contributed by atoms with Gasteiger partial charge in [-0.1, -0.05) is 34.1 Å². The molecule has 24 heavy (non-hydrogen) atoms. The number of nitrogens with zero attached hydrogens (tertiary/aromatic N) is 1. The number of nitrogens with one attached hydrogen (secondary N) is 1. The maximum atomic E-state index is 13.7. The highest BCUT2D eigenvalue weighted by Gasteiger charge is 2.51. The average molecular weight is 401 g/mol. The quantitative estimate of drug-likeness (QED) is 0.799. The van der Waals surface area contributed by atoms with Crippen molar-refractivity contribution >= 4 is 32.6 Å². The van der Waals surface area contributed by atoms with E-state index in [2.05, 4.69) is 21.4 Å². The van der Waals surface area contributed by atoms with Gasteiger partial charge in [0.05, 0.1) is 5.41 Å². The molecule has 1 amide bonds. The topological polar surface area (TPSA) is 32.3 Å². The Kier molecular flexibility index (Phi) is 4.12. The van der Waals surface area contributed by atoms with Crippen LogP contribution in [0.1, 0.15) is 25.5 Å². The molecule has 1 atom stereocenters. The van der Waals surface area contributed by atoms with Crippen LogP contribution >= 0.6 is 15.9 Å². The lowest BCUT2D eigenvalue weighted by Gasteiger charge is -2.30. The van der Waals surface area contributed by atoms with E-state index in [1.54, 1.807) is 32.0 Å². The van der Waals surface area contributed by atoms with Gasteiger partial charge in [0.25, 0.3) is 0 Å². The zero-order valence-electron chi connectivity index (χ0n) is 13.1. The molecular formula is C17H16BrF3N2O. The van der Waals surface area contributed by atoms with Gasteiger partial charge in [0.15, 0.2) is 0 Å². The Morgan fingerprint density at radius 2 is 1.79 bits per heavy atom. The number of alkyl halides is 3. The third-order valence-electron chi connectivity index (χ3n) is 4.19. The molecular weight excluding hydrogens is 385 g/mol. The highest BCUT2D eigenvalue weighted by Crippen LogP contribution is 2.41. The van der Waals surface area contributed by atoms with Crippen LogP contribution in [0, 0.1) is 5.41 Å². The summed E-state index contributed by atoms with van der Waals surface area (Å²) in [5.41, 5.74) is 1.62. The molecule has 2 aromatic carbocycles. The van der Waals surface area contributed by atoms with Gasteiger partial charge in [-0.25, -0.2) is 5.01 Å². The van der Waals surface area contributed by atoms with Gasteiger partial charge in [0.2, 0.25) is 5.91 Å². The molecule has 1 unspecified atom stereocenters. The van der Waals surface area contributed by atoms with Crippen LogP contribution in [0.2, 0.25) is 0 Å². The molecule has 0 saturated carbocycles. The zero-order valence-corrected chi connectivity index (χ0v) is 14.7. The van der Waals surface area contributed by atoms with E-state index in [-0.39, 0.29) is 12.1 Å². The van der Waals surface area contributed by atoms with E-state index in [0.717, 1.165) is 20.3 Å². The molecule has 0 radical (unpaired) electrons. The lowest BCUT2D eigenvalue weighted by molar-refractivity contribution is -0.191. The number of hydrogen-bond donors (Lipinski definition) is 1. The molecule has 0 spiro atoms. The summed E-state index contributed by atoms with van der Waals surface area (Å²) in [7, 11) is 0. The van der Waals surface area contributed by atoms with Crippen molar-refractivity contribution in [2.45, 2.75) is 26.1 Å². The third-order valence-corrected chi connectivity index (χ3v) is 4.68. The van der Waals surface area contributed by atoms with E-state index >= 15 is 0 Å². The van der Waals surface area contributed by atoms with Gasteiger partial charge in [-0.15, -0.1) is 0 Å². The zero-order chi connectivity index (χ0) is 17.7. The summed E-state index contributed by atoms with van der Waals surface area (Å²) in [5.74, 6) is -0.401. The number of carbonyl (C=O) groups is 1. The third kappa shape index (κ3) is 3.15. The van der Waals surface area contributed by atoms with Crippen LogP contribution in [0.15, 0.2) is 40.9 Å². The van der Waals surface area contributed by atoms with Crippen molar-refractivity contribution in [2.75, 3.05) is 6.54 Å². The molecule has 1 N–H and O–H groups in total. The number of hydrazine groups is 1. The van der Waals surface area contributed by atoms with Gasteiger partial charge in [0.1, 0.15) is 6.04 Å². The first-order valence-corrected chi connectivity index (χ1v) is 8.21. The SMILES string of the molecule is CC1(C)CN(C(c2ccc3cc(Br)ccc3c2)C(F)(F)F)NC1=O. The van der Waals surface area contributed by atoms with Crippen LogP contribution in [-0.2, 0) is 4.79 Å². The fraction of sp³-hybridized carbons (Fsp3) is 0.353. The van der Waals surface area contributed by atoms with Gasteiger partial charge >= 0.3 is 6.18 Å². The summed E-state index contributed by atoms with van der Waals surface area (Å²) in [6.07, 6.45) is -4.50. The predicted molar refractivity (Wildman–Crippen MR) is 89.1 cm³/mol. The Morgan fingerprint density at radius 1 is 1.17 bits per heavy atom. The maximum absolute atomic E-state index is 13.7. The fourth-order valence-electron chi connectivity index (χ4n) is 2.93. The molecule has 3 rings (SSSR count). The Hall–Kier alpha value is -1.60. The molecule has 2 aromatic rings. The van der Waals surface area contributed by atoms with Gasteiger partial charge in [-0.3, -0.25) is 10.2 Å². The second-order valence-corrected chi connectivity index (χ2v) is 7.56. The first kappa shape index (κ1) is 17.2. The highest BCUT2D eigenvalue weighted by molar-refractivity contribution is 9.10. The van der Waals surface area contributed by atoms with Crippen molar-refractivity contribution in [3.8, 4) is 0 Å². The molecule has 1 aliphatic rings. The van der Waals surface area contributed by atoms with Crippen LogP contribution < -0.4 is 5.43 Å². The predicted octanol–water partition coefficient (Wildman–Crippen LogP) is 4.58. The lowest BCUT2D eigenvalue weighted by Crippen LogP contribution is -2.43. The standard InChI is InChI=1S/C17H16BrF3N2O/c1-16(2)9-23(22-15(16)24)14(17(19,20)21)12-4-3-11-8-13(18)6-5-10(11)7-12/h3-8,14H,9H2,1-2H3,(H,22,24). The molecule has 1 heterocycles. The number of halogens is 4. The molecule has 0 aliphatic carbocycles. The maximum Gasteiger partial charge on any atom is 0.409 e. The molecule has 1 aliphatic heterocycles. The lowest BCUT2D eigenvalue weighted by atomic mass is 9.93. The van der Waals surface area contributed by atoms with Crippen LogP contribution in [0.25, 0.3) is 10.8 Å².